The fourth-order valence-corrected chi connectivity index (χ4v) is 1.95. The molecule has 0 spiro atoms. The van der Waals surface area contributed by atoms with Crippen molar-refractivity contribution in [2.75, 3.05) is 33.2 Å². The number of rotatable bonds is 5. The molecular formula is C11H23N3O. The van der Waals surface area contributed by atoms with E-state index in [1.54, 1.807) is 7.05 Å². The Labute approximate surface area is 92.4 Å². The van der Waals surface area contributed by atoms with Crippen LogP contribution in [0.5, 0.6) is 0 Å². The monoisotopic (exact) mass is 213 g/mol. The first-order valence-corrected chi connectivity index (χ1v) is 5.88. The van der Waals surface area contributed by atoms with E-state index in [4.69, 9.17) is 0 Å². The van der Waals surface area contributed by atoms with Crippen LogP contribution in [0, 0.1) is 0 Å². The molecule has 88 valence electrons. The predicted octanol–water partition coefficient (Wildman–Crippen LogP) is 0.196. The van der Waals surface area contributed by atoms with Crippen LogP contribution in [0.15, 0.2) is 0 Å². The highest BCUT2D eigenvalue weighted by molar-refractivity contribution is 5.77. The number of likely N-dealkylation sites (tertiary alicyclic amines) is 1. The van der Waals surface area contributed by atoms with Gasteiger partial charge in [-0.15, -0.1) is 0 Å². The SMILES string of the molecule is CNC(=O)CNC(C)CN1CCCCC1. The summed E-state index contributed by atoms with van der Waals surface area (Å²) in [6.07, 6.45) is 4.01. The lowest BCUT2D eigenvalue weighted by atomic mass is 10.1. The molecule has 1 saturated heterocycles. The minimum absolute atomic E-state index is 0.0560. The Balaban J connectivity index is 2.11. The van der Waals surface area contributed by atoms with Crippen LogP contribution < -0.4 is 10.6 Å². The zero-order valence-electron chi connectivity index (χ0n) is 9.88. The molecule has 4 heteroatoms. The number of carbonyl (C=O) groups excluding carboxylic acids is 1. The molecule has 4 nitrogen and oxygen atoms in total. The summed E-state index contributed by atoms with van der Waals surface area (Å²) in [5.41, 5.74) is 0. The number of nitrogens with one attached hydrogen (secondary N) is 2. The van der Waals surface area contributed by atoms with Gasteiger partial charge >= 0.3 is 0 Å². The average Bonchev–Trinajstić information content (AvgIpc) is 2.27. The smallest absolute Gasteiger partial charge is 0.233 e. The predicted molar refractivity (Wildman–Crippen MR) is 61.8 cm³/mol. The average molecular weight is 213 g/mol. The van der Waals surface area contributed by atoms with E-state index in [2.05, 4.69) is 22.5 Å². The van der Waals surface area contributed by atoms with Crippen molar-refractivity contribution < 1.29 is 4.79 Å². The summed E-state index contributed by atoms with van der Waals surface area (Å²) in [6, 6.07) is 0.389. The summed E-state index contributed by atoms with van der Waals surface area (Å²) >= 11 is 0. The van der Waals surface area contributed by atoms with Crippen molar-refractivity contribution in [3.8, 4) is 0 Å². The summed E-state index contributed by atoms with van der Waals surface area (Å²) in [7, 11) is 1.67. The van der Waals surface area contributed by atoms with E-state index in [1.807, 2.05) is 0 Å². The maximum absolute atomic E-state index is 11.0. The zero-order chi connectivity index (χ0) is 11.1. The number of hydrogen-bond acceptors (Lipinski definition) is 3. The van der Waals surface area contributed by atoms with Crippen molar-refractivity contribution >= 4 is 5.91 Å². The summed E-state index contributed by atoms with van der Waals surface area (Å²) in [5, 5.41) is 5.84. The lowest BCUT2D eigenvalue weighted by Gasteiger charge is -2.29. The van der Waals surface area contributed by atoms with Gasteiger partial charge in [0.25, 0.3) is 0 Å². The Morgan fingerprint density at radius 3 is 2.60 bits per heavy atom. The normalized spacial score (nSPS) is 19.9. The molecule has 2 N–H and O–H groups in total. The Kier molecular flexibility index (Phi) is 5.65. The van der Waals surface area contributed by atoms with Crippen molar-refractivity contribution in [2.45, 2.75) is 32.2 Å². The minimum atomic E-state index is 0.0560. The van der Waals surface area contributed by atoms with Gasteiger partial charge in [-0.3, -0.25) is 4.79 Å². The molecule has 1 fully saturated rings. The summed E-state index contributed by atoms with van der Waals surface area (Å²) in [4.78, 5) is 13.5. The van der Waals surface area contributed by atoms with Crippen molar-refractivity contribution in [2.24, 2.45) is 0 Å². The first-order valence-electron chi connectivity index (χ1n) is 5.88. The molecule has 1 amide bonds. The number of likely N-dealkylation sites (N-methyl/N-ethyl adjacent to an activating group) is 1. The van der Waals surface area contributed by atoms with Crippen LogP contribution in [0.25, 0.3) is 0 Å². The zero-order valence-corrected chi connectivity index (χ0v) is 9.88. The molecule has 1 heterocycles. The first kappa shape index (κ1) is 12.5. The first-order chi connectivity index (χ1) is 7.22. The number of carbonyl (C=O) groups is 1. The second-order valence-corrected chi connectivity index (χ2v) is 4.32. The molecule has 0 aromatic heterocycles. The van der Waals surface area contributed by atoms with Gasteiger partial charge in [-0.1, -0.05) is 6.42 Å². The van der Waals surface area contributed by atoms with Gasteiger partial charge in [-0.2, -0.15) is 0 Å². The van der Waals surface area contributed by atoms with Gasteiger partial charge in [-0.25, -0.2) is 0 Å². The molecular weight excluding hydrogens is 190 g/mol. The van der Waals surface area contributed by atoms with Gasteiger partial charge in [-0.05, 0) is 32.9 Å². The molecule has 0 saturated carbocycles. The maximum Gasteiger partial charge on any atom is 0.233 e. The highest BCUT2D eigenvalue weighted by Crippen LogP contribution is 2.08. The minimum Gasteiger partial charge on any atom is -0.358 e. The van der Waals surface area contributed by atoms with Crippen molar-refractivity contribution in [1.29, 1.82) is 0 Å². The van der Waals surface area contributed by atoms with Gasteiger partial charge in [0.2, 0.25) is 5.91 Å². The Bertz CT molecular complexity index is 190. The largest absolute Gasteiger partial charge is 0.358 e. The van der Waals surface area contributed by atoms with Gasteiger partial charge in [0.05, 0.1) is 6.54 Å². The molecule has 1 aliphatic heterocycles. The van der Waals surface area contributed by atoms with E-state index in [0.717, 1.165) is 6.54 Å². The number of amides is 1. The standard InChI is InChI=1S/C11H23N3O/c1-10(13-8-11(15)12-2)9-14-6-4-3-5-7-14/h10,13H,3-9H2,1-2H3,(H,12,15). The van der Waals surface area contributed by atoms with Crippen LogP contribution in [0.4, 0.5) is 0 Å². The molecule has 1 rings (SSSR count). The Morgan fingerprint density at radius 2 is 2.00 bits per heavy atom. The summed E-state index contributed by atoms with van der Waals surface area (Å²) < 4.78 is 0. The van der Waals surface area contributed by atoms with Crippen molar-refractivity contribution in [1.82, 2.24) is 15.5 Å². The highest BCUT2D eigenvalue weighted by Gasteiger charge is 2.13. The number of hydrogen-bond donors (Lipinski definition) is 2. The van der Waals surface area contributed by atoms with E-state index < -0.39 is 0 Å². The van der Waals surface area contributed by atoms with Crippen LogP contribution in [0.1, 0.15) is 26.2 Å². The van der Waals surface area contributed by atoms with Crippen molar-refractivity contribution in [3.63, 3.8) is 0 Å². The molecule has 1 atom stereocenters. The van der Waals surface area contributed by atoms with E-state index in [1.165, 1.54) is 32.4 Å². The lowest BCUT2D eigenvalue weighted by Crippen LogP contribution is -2.44. The van der Waals surface area contributed by atoms with Gasteiger partial charge in [0, 0.05) is 19.6 Å². The molecule has 1 aliphatic rings. The topological polar surface area (TPSA) is 44.4 Å². The summed E-state index contributed by atoms with van der Waals surface area (Å²) in [6.45, 7) is 6.04. The Hall–Kier alpha value is -0.610. The molecule has 0 radical (unpaired) electrons. The lowest BCUT2D eigenvalue weighted by molar-refractivity contribution is -0.119. The number of nitrogens with zero attached hydrogens (tertiary/aromatic N) is 1. The van der Waals surface area contributed by atoms with Crippen LogP contribution in [-0.4, -0.2) is 50.1 Å². The molecule has 0 aliphatic carbocycles. The third-order valence-corrected chi connectivity index (χ3v) is 2.87. The van der Waals surface area contributed by atoms with Crippen LogP contribution in [-0.2, 0) is 4.79 Å². The Morgan fingerprint density at radius 1 is 1.33 bits per heavy atom. The third-order valence-electron chi connectivity index (χ3n) is 2.87. The summed E-state index contributed by atoms with van der Waals surface area (Å²) in [5.74, 6) is 0.0560. The second-order valence-electron chi connectivity index (χ2n) is 4.32. The van der Waals surface area contributed by atoms with Gasteiger partial charge in [0.1, 0.15) is 0 Å². The van der Waals surface area contributed by atoms with E-state index >= 15 is 0 Å². The van der Waals surface area contributed by atoms with E-state index in [9.17, 15) is 4.79 Å². The second kappa shape index (κ2) is 6.80. The molecule has 0 aromatic carbocycles. The molecule has 0 aromatic rings. The molecule has 1 unspecified atom stereocenters. The molecule has 15 heavy (non-hydrogen) atoms. The molecule has 0 bridgehead atoms. The fourth-order valence-electron chi connectivity index (χ4n) is 1.95. The highest BCUT2D eigenvalue weighted by atomic mass is 16.1. The van der Waals surface area contributed by atoms with Crippen molar-refractivity contribution in [3.05, 3.63) is 0 Å². The quantitative estimate of drug-likeness (QED) is 0.685. The van der Waals surface area contributed by atoms with Crippen LogP contribution >= 0.6 is 0 Å². The van der Waals surface area contributed by atoms with Crippen LogP contribution in [0.2, 0.25) is 0 Å². The van der Waals surface area contributed by atoms with E-state index in [-0.39, 0.29) is 5.91 Å². The maximum atomic E-state index is 11.0. The third kappa shape index (κ3) is 5.14. The number of piperidine rings is 1. The van der Waals surface area contributed by atoms with E-state index in [0.29, 0.717) is 12.6 Å². The van der Waals surface area contributed by atoms with Crippen LogP contribution in [0.3, 0.4) is 0 Å². The fraction of sp³-hybridized carbons (Fsp3) is 0.909. The van der Waals surface area contributed by atoms with Gasteiger partial charge in [0.15, 0.2) is 0 Å². The van der Waals surface area contributed by atoms with Gasteiger partial charge < -0.3 is 15.5 Å².